The van der Waals surface area contributed by atoms with Crippen molar-refractivity contribution >= 4 is 30.7 Å². The van der Waals surface area contributed by atoms with E-state index in [1.807, 2.05) is 7.05 Å². The van der Waals surface area contributed by atoms with Gasteiger partial charge in [0.05, 0.1) is 6.61 Å². The van der Waals surface area contributed by atoms with Gasteiger partial charge in [-0.05, 0) is 13.6 Å². The number of amides is 1. The SMILES string of the molecule is CCN1CCOC(C(=O)NCCNC)C1.Cl.Cl. The molecular formula is C10H23Cl2N3O2. The molecule has 104 valence electrons. The number of carbonyl (C=O) groups excluding carboxylic acids is 1. The van der Waals surface area contributed by atoms with Crippen LogP contribution in [0.3, 0.4) is 0 Å². The van der Waals surface area contributed by atoms with Crippen LogP contribution in [0.5, 0.6) is 0 Å². The normalized spacial score (nSPS) is 20.0. The molecule has 0 aromatic heterocycles. The quantitative estimate of drug-likeness (QED) is 0.693. The first kappa shape index (κ1) is 19.3. The van der Waals surface area contributed by atoms with Crippen LogP contribution in [-0.4, -0.2) is 63.3 Å². The van der Waals surface area contributed by atoms with Gasteiger partial charge in [0.2, 0.25) is 0 Å². The predicted molar refractivity (Wildman–Crippen MR) is 73.3 cm³/mol. The first-order chi connectivity index (χ1) is 7.27. The second-order valence-corrected chi connectivity index (χ2v) is 3.65. The Hall–Kier alpha value is -0.0700. The van der Waals surface area contributed by atoms with Gasteiger partial charge in [0.25, 0.3) is 5.91 Å². The number of hydrogen-bond donors (Lipinski definition) is 2. The van der Waals surface area contributed by atoms with E-state index in [0.717, 1.165) is 19.6 Å². The van der Waals surface area contributed by atoms with E-state index in [1.165, 1.54) is 0 Å². The van der Waals surface area contributed by atoms with E-state index in [1.54, 1.807) is 0 Å². The molecule has 1 rings (SSSR count). The Bertz CT molecular complexity index is 208. The van der Waals surface area contributed by atoms with Crippen LogP contribution in [0.4, 0.5) is 0 Å². The Morgan fingerprint density at radius 3 is 2.71 bits per heavy atom. The number of morpholine rings is 1. The van der Waals surface area contributed by atoms with Gasteiger partial charge in [0, 0.05) is 26.2 Å². The summed E-state index contributed by atoms with van der Waals surface area (Å²) in [5.74, 6) is 0.00315. The maximum atomic E-state index is 11.6. The van der Waals surface area contributed by atoms with Gasteiger partial charge in [0.15, 0.2) is 0 Å². The second kappa shape index (κ2) is 11.0. The van der Waals surface area contributed by atoms with Gasteiger partial charge < -0.3 is 15.4 Å². The number of hydrogen-bond acceptors (Lipinski definition) is 4. The van der Waals surface area contributed by atoms with Gasteiger partial charge in [-0.1, -0.05) is 6.92 Å². The summed E-state index contributed by atoms with van der Waals surface area (Å²) in [4.78, 5) is 13.9. The number of halogens is 2. The van der Waals surface area contributed by atoms with Crippen molar-refractivity contribution in [1.29, 1.82) is 0 Å². The van der Waals surface area contributed by atoms with Gasteiger partial charge in [-0.3, -0.25) is 9.69 Å². The summed E-state index contributed by atoms with van der Waals surface area (Å²) < 4.78 is 5.43. The maximum absolute atomic E-state index is 11.6. The van der Waals surface area contributed by atoms with Gasteiger partial charge in [-0.2, -0.15) is 0 Å². The Kier molecular flexibility index (Phi) is 12.5. The third kappa shape index (κ3) is 7.06. The van der Waals surface area contributed by atoms with Crippen LogP contribution in [0.2, 0.25) is 0 Å². The number of rotatable bonds is 5. The van der Waals surface area contributed by atoms with E-state index < -0.39 is 0 Å². The average Bonchev–Trinajstić information content (AvgIpc) is 2.29. The fourth-order valence-electron chi connectivity index (χ4n) is 1.57. The minimum absolute atomic E-state index is 0. The number of nitrogens with zero attached hydrogens (tertiary/aromatic N) is 1. The molecule has 0 aromatic rings. The summed E-state index contributed by atoms with van der Waals surface area (Å²) in [5, 5.41) is 5.82. The first-order valence-electron chi connectivity index (χ1n) is 5.54. The lowest BCUT2D eigenvalue weighted by molar-refractivity contribution is -0.138. The van der Waals surface area contributed by atoms with Crippen molar-refractivity contribution in [3.63, 3.8) is 0 Å². The summed E-state index contributed by atoms with van der Waals surface area (Å²) in [6.45, 7) is 6.80. The van der Waals surface area contributed by atoms with Crippen molar-refractivity contribution in [2.45, 2.75) is 13.0 Å². The fraction of sp³-hybridized carbons (Fsp3) is 0.900. The molecule has 17 heavy (non-hydrogen) atoms. The van der Waals surface area contributed by atoms with Crippen molar-refractivity contribution in [3.05, 3.63) is 0 Å². The zero-order valence-electron chi connectivity index (χ0n) is 10.4. The third-order valence-corrected chi connectivity index (χ3v) is 2.56. The largest absolute Gasteiger partial charge is 0.366 e. The minimum Gasteiger partial charge on any atom is -0.366 e. The fourth-order valence-corrected chi connectivity index (χ4v) is 1.57. The minimum atomic E-state index is -0.296. The van der Waals surface area contributed by atoms with E-state index >= 15 is 0 Å². The van der Waals surface area contributed by atoms with Crippen molar-refractivity contribution < 1.29 is 9.53 Å². The average molecular weight is 288 g/mol. The van der Waals surface area contributed by atoms with Crippen molar-refractivity contribution in [2.24, 2.45) is 0 Å². The van der Waals surface area contributed by atoms with Gasteiger partial charge in [-0.15, -0.1) is 24.8 Å². The van der Waals surface area contributed by atoms with Crippen LogP contribution < -0.4 is 10.6 Å². The van der Waals surface area contributed by atoms with Crippen LogP contribution >= 0.6 is 24.8 Å². The first-order valence-corrected chi connectivity index (χ1v) is 5.54. The van der Waals surface area contributed by atoms with Crippen LogP contribution in [0.15, 0.2) is 0 Å². The highest BCUT2D eigenvalue weighted by Crippen LogP contribution is 2.04. The lowest BCUT2D eigenvalue weighted by Gasteiger charge is -2.31. The summed E-state index contributed by atoms with van der Waals surface area (Å²) >= 11 is 0. The van der Waals surface area contributed by atoms with Crippen molar-refractivity contribution in [1.82, 2.24) is 15.5 Å². The molecule has 1 fully saturated rings. The van der Waals surface area contributed by atoms with E-state index in [-0.39, 0.29) is 36.8 Å². The molecule has 1 saturated heterocycles. The molecule has 1 heterocycles. The predicted octanol–water partition coefficient (Wildman–Crippen LogP) is -0.114. The van der Waals surface area contributed by atoms with Crippen LogP contribution in [-0.2, 0) is 9.53 Å². The molecule has 1 amide bonds. The second-order valence-electron chi connectivity index (χ2n) is 3.65. The standard InChI is InChI=1S/C10H21N3O2.2ClH/c1-3-13-6-7-15-9(8-13)10(14)12-5-4-11-2;;/h9,11H,3-8H2,1-2H3,(H,12,14);2*1H. The van der Waals surface area contributed by atoms with E-state index in [4.69, 9.17) is 4.74 Å². The topological polar surface area (TPSA) is 53.6 Å². The van der Waals surface area contributed by atoms with Gasteiger partial charge >= 0.3 is 0 Å². The van der Waals surface area contributed by atoms with Gasteiger partial charge in [-0.25, -0.2) is 0 Å². The molecule has 0 radical (unpaired) electrons. The number of likely N-dealkylation sites (N-methyl/N-ethyl adjacent to an activating group) is 2. The number of carbonyl (C=O) groups is 1. The van der Waals surface area contributed by atoms with Crippen LogP contribution in [0, 0.1) is 0 Å². The van der Waals surface area contributed by atoms with Crippen molar-refractivity contribution in [3.8, 4) is 0 Å². The molecule has 1 atom stereocenters. The number of nitrogens with one attached hydrogen (secondary N) is 2. The molecule has 0 bridgehead atoms. The van der Waals surface area contributed by atoms with Crippen LogP contribution in [0.25, 0.3) is 0 Å². The summed E-state index contributed by atoms with van der Waals surface area (Å²) in [6.07, 6.45) is -0.296. The molecule has 0 saturated carbocycles. The molecule has 0 spiro atoms. The summed E-state index contributed by atoms with van der Waals surface area (Å²) in [7, 11) is 1.86. The molecule has 2 N–H and O–H groups in total. The van der Waals surface area contributed by atoms with E-state index in [0.29, 0.717) is 19.7 Å². The molecule has 5 nitrogen and oxygen atoms in total. The third-order valence-electron chi connectivity index (χ3n) is 2.56. The maximum Gasteiger partial charge on any atom is 0.250 e. The highest BCUT2D eigenvalue weighted by atomic mass is 35.5. The lowest BCUT2D eigenvalue weighted by atomic mass is 10.2. The Morgan fingerprint density at radius 1 is 1.41 bits per heavy atom. The molecular weight excluding hydrogens is 265 g/mol. The molecule has 7 heteroatoms. The number of ether oxygens (including phenoxy) is 1. The molecule has 1 aliphatic rings. The summed E-state index contributed by atoms with van der Waals surface area (Å²) in [6, 6.07) is 0. The Balaban J connectivity index is 0. The molecule has 0 aliphatic carbocycles. The summed E-state index contributed by atoms with van der Waals surface area (Å²) in [5.41, 5.74) is 0. The zero-order valence-corrected chi connectivity index (χ0v) is 12.0. The highest BCUT2D eigenvalue weighted by molar-refractivity contribution is 5.85. The van der Waals surface area contributed by atoms with E-state index in [2.05, 4.69) is 22.5 Å². The zero-order chi connectivity index (χ0) is 11.1. The molecule has 1 unspecified atom stereocenters. The van der Waals surface area contributed by atoms with Crippen LogP contribution in [0.1, 0.15) is 6.92 Å². The monoisotopic (exact) mass is 287 g/mol. The van der Waals surface area contributed by atoms with E-state index in [9.17, 15) is 4.79 Å². The molecule has 1 aliphatic heterocycles. The van der Waals surface area contributed by atoms with Crippen molar-refractivity contribution in [2.75, 3.05) is 46.4 Å². The molecule has 0 aromatic carbocycles. The Labute approximate surface area is 115 Å². The Morgan fingerprint density at radius 2 is 2.12 bits per heavy atom. The highest BCUT2D eigenvalue weighted by Gasteiger charge is 2.25. The smallest absolute Gasteiger partial charge is 0.250 e. The lowest BCUT2D eigenvalue weighted by Crippen LogP contribution is -2.50. The van der Waals surface area contributed by atoms with Gasteiger partial charge in [0.1, 0.15) is 6.10 Å².